The average Bonchev–Trinajstić information content (AvgIpc) is 3.36. The van der Waals surface area contributed by atoms with Gasteiger partial charge in [-0.1, -0.05) is 19.0 Å². The molecule has 0 bridgehead atoms. The first-order valence-electron chi connectivity index (χ1n) is 10.4. The minimum absolute atomic E-state index is 0. The summed E-state index contributed by atoms with van der Waals surface area (Å²) in [6.45, 7) is 7.13. The van der Waals surface area contributed by atoms with Crippen LogP contribution in [0.3, 0.4) is 0 Å². The molecule has 28 heavy (non-hydrogen) atoms. The Hall–Kier alpha value is -1.60. The van der Waals surface area contributed by atoms with Gasteiger partial charge in [-0.05, 0) is 44.6 Å². The first-order chi connectivity index (χ1) is 13.1. The first kappa shape index (κ1) is 22.7. The van der Waals surface area contributed by atoms with Gasteiger partial charge in [-0.3, -0.25) is 9.59 Å². The van der Waals surface area contributed by atoms with Crippen LogP contribution in [0.1, 0.15) is 56.5 Å². The Balaban J connectivity index is 0.00000280. The van der Waals surface area contributed by atoms with E-state index in [1.807, 2.05) is 18.7 Å². The predicted octanol–water partition coefficient (Wildman–Crippen LogP) is 1.87. The maximum absolute atomic E-state index is 12.9. The number of carbonyl (C=O) groups is 2. The molecule has 2 fully saturated rings. The second-order valence-electron chi connectivity index (χ2n) is 7.66. The lowest BCUT2D eigenvalue weighted by Crippen LogP contribution is -2.47. The second kappa shape index (κ2) is 10.8. The Labute approximate surface area is 173 Å². The van der Waals surface area contributed by atoms with E-state index >= 15 is 0 Å². The molecule has 3 rings (SSSR count). The molecule has 2 aliphatic rings. The molecule has 2 atom stereocenters. The van der Waals surface area contributed by atoms with Crippen LogP contribution >= 0.6 is 12.4 Å². The van der Waals surface area contributed by atoms with Gasteiger partial charge in [0, 0.05) is 31.6 Å². The van der Waals surface area contributed by atoms with E-state index in [-0.39, 0.29) is 30.3 Å². The molecule has 1 aromatic rings. The minimum atomic E-state index is -0.0418. The van der Waals surface area contributed by atoms with Crippen molar-refractivity contribution in [1.29, 1.82) is 0 Å². The lowest BCUT2D eigenvalue weighted by Gasteiger charge is -2.33. The second-order valence-corrected chi connectivity index (χ2v) is 7.66. The highest BCUT2D eigenvalue weighted by Crippen LogP contribution is 2.21. The van der Waals surface area contributed by atoms with Crippen molar-refractivity contribution in [2.45, 2.75) is 64.8 Å². The molecule has 0 saturated carbocycles. The normalized spacial score (nSPS) is 22.0. The number of hydrogen-bond acceptors (Lipinski definition) is 5. The van der Waals surface area contributed by atoms with Crippen LogP contribution in [-0.2, 0) is 28.9 Å². The molecule has 2 amide bonds. The molecule has 2 N–H and O–H groups in total. The number of hydrogen-bond donors (Lipinski definition) is 2. The fourth-order valence-electron chi connectivity index (χ4n) is 4.14. The summed E-state index contributed by atoms with van der Waals surface area (Å²) in [5.74, 6) is 1.38. The average molecular weight is 413 g/mol. The summed E-state index contributed by atoms with van der Waals surface area (Å²) in [5, 5.41) is 10.4. The van der Waals surface area contributed by atoms with Gasteiger partial charge >= 0.3 is 0 Å². The molecule has 0 aromatic carbocycles. The van der Waals surface area contributed by atoms with Gasteiger partial charge in [0.2, 0.25) is 11.8 Å². The molecule has 158 valence electrons. The Morgan fingerprint density at radius 1 is 1.25 bits per heavy atom. The topological polar surface area (TPSA) is 87.5 Å². The van der Waals surface area contributed by atoms with Crippen LogP contribution < -0.4 is 10.6 Å². The van der Waals surface area contributed by atoms with Crippen molar-refractivity contribution in [1.82, 2.24) is 20.7 Å². The molecule has 2 unspecified atom stereocenters. The number of aryl methyl sites for hydroxylation is 2. The van der Waals surface area contributed by atoms with Gasteiger partial charge in [0.25, 0.3) is 0 Å². The van der Waals surface area contributed by atoms with Crippen LogP contribution in [0.4, 0.5) is 0 Å². The van der Waals surface area contributed by atoms with E-state index in [1.165, 1.54) is 0 Å². The van der Waals surface area contributed by atoms with Gasteiger partial charge < -0.3 is 20.1 Å². The zero-order chi connectivity index (χ0) is 19.2. The molecule has 1 aromatic heterocycles. The third-order valence-corrected chi connectivity index (χ3v) is 5.75. The summed E-state index contributed by atoms with van der Waals surface area (Å²) in [6, 6.07) is -0.0418. The fraction of sp³-hybridized carbons (Fsp3) is 0.750. The number of amides is 2. The Morgan fingerprint density at radius 2 is 2.07 bits per heavy atom. The number of nitrogens with one attached hydrogen (secondary N) is 2. The van der Waals surface area contributed by atoms with Crippen LogP contribution in [-0.4, -0.2) is 54.1 Å². The SMILES string of the molecule is CCc1noc(CC)c1CC(=O)N1CCCC(CNC(=O)C2CCCN2)C1.Cl. The van der Waals surface area contributed by atoms with Crippen LogP contribution in [0.2, 0.25) is 0 Å². The number of aromatic nitrogens is 1. The van der Waals surface area contributed by atoms with Gasteiger partial charge in [-0.15, -0.1) is 12.4 Å². The number of carbonyl (C=O) groups excluding carboxylic acids is 2. The standard InChI is InChI=1S/C20H32N4O3.ClH/c1-3-16-15(18(4-2)27-23-16)11-19(25)24-10-6-7-14(13-24)12-22-20(26)17-8-5-9-21-17;/h14,17,21H,3-13H2,1-2H3,(H,22,26);1H. The molecule has 2 saturated heterocycles. The molecule has 0 aliphatic carbocycles. The molecule has 3 heterocycles. The number of likely N-dealkylation sites (tertiary alicyclic amines) is 1. The van der Waals surface area contributed by atoms with E-state index in [2.05, 4.69) is 15.8 Å². The van der Waals surface area contributed by atoms with Gasteiger partial charge in [-0.2, -0.15) is 0 Å². The quantitative estimate of drug-likeness (QED) is 0.713. The molecular formula is C20H33ClN4O3. The van der Waals surface area contributed by atoms with E-state index in [1.54, 1.807) is 0 Å². The highest BCUT2D eigenvalue weighted by Gasteiger charge is 2.27. The van der Waals surface area contributed by atoms with Crippen molar-refractivity contribution in [3.63, 3.8) is 0 Å². The minimum Gasteiger partial charge on any atom is -0.361 e. The van der Waals surface area contributed by atoms with Crippen molar-refractivity contribution in [2.75, 3.05) is 26.2 Å². The summed E-state index contributed by atoms with van der Waals surface area (Å²) in [5.41, 5.74) is 1.86. The summed E-state index contributed by atoms with van der Waals surface area (Å²) in [4.78, 5) is 27.0. The van der Waals surface area contributed by atoms with Crippen LogP contribution in [0.25, 0.3) is 0 Å². The lowest BCUT2D eigenvalue weighted by atomic mass is 9.96. The predicted molar refractivity (Wildman–Crippen MR) is 110 cm³/mol. The maximum Gasteiger partial charge on any atom is 0.237 e. The Morgan fingerprint density at radius 3 is 2.75 bits per heavy atom. The molecule has 0 spiro atoms. The van der Waals surface area contributed by atoms with Crippen molar-refractivity contribution in [3.8, 4) is 0 Å². The largest absolute Gasteiger partial charge is 0.361 e. The van der Waals surface area contributed by atoms with Crippen molar-refractivity contribution >= 4 is 24.2 Å². The van der Waals surface area contributed by atoms with Gasteiger partial charge in [-0.25, -0.2) is 0 Å². The van der Waals surface area contributed by atoms with Gasteiger partial charge in [0.15, 0.2) is 0 Å². The Bertz CT molecular complexity index is 636. The van der Waals surface area contributed by atoms with E-state index in [9.17, 15) is 9.59 Å². The zero-order valence-corrected chi connectivity index (χ0v) is 17.8. The van der Waals surface area contributed by atoms with Gasteiger partial charge in [0.1, 0.15) is 5.76 Å². The first-order valence-corrected chi connectivity index (χ1v) is 10.4. The molecular weight excluding hydrogens is 380 g/mol. The van der Waals surface area contributed by atoms with Crippen molar-refractivity contribution in [2.24, 2.45) is 5.92 Å². The highest BCUT2D eigenvalue weighted by atomic mass is 35.5. The third-order valence-electron chi connectivity index (χ3n) is 5.75. The smallest absolute Gasteiger partial charge is 0.237 e. The van der Waals surface area contributed by atoms with E-state index in [0.717, 1.165) is 68.6 Å². The van der Waals surface area contributed by atoms with Gasteiger partial charge in [0.05, 0.1) is 18.2 Å². The van der Waals surface area contributed by atoms with Crippen LogP contribution in [0.15, 0.2) is 4.52 Å². The number of rotatable bonds is 7. The van der Waals surface area contributed by atoms with E-state index < -0.39 is 0 Å². The molecule has 7 nitrogen and oxygen atoms in total. The van der Waals surface area contributed by atoms with E-state index in [4.69, 9.17) is 4.52 Å². The van der Waals surface area contributed by atoms with Crippen LogP contribution in [0, 0.1) is 5.92 Å². The highest BCUT2D eigenvalue weighted by molar-refractivity contribution is 5.85. The Kier molecular flexibility index (Phi) is 8.76. The number of halogens is 1. The number of nitrogens with zero attached hydrogens (tertiary/aromatic N) is 2. The van der Waals surface area contributed by atoms with Crippen LogP contribution in [0.5, 0.6) is 0 Å². The molecule has 0 radical (unpaired) electrons. The van der Waals surface area contributed by atoms with Crippen molar-refractivity contribution in [3.05, 3.63) is 17.0 Å². The fourth-order valence-corrected chi connectivity index (χ4v) is 4.14. The lowest BCUT2D eigenvalue weighted by molar-refractivity contribution is -0.132. The molecule has 8 heteroatoms. The maximum atomic E-state index is 12.9. The van der Waals surface area contributed by atoms with Crippen molar-refractivity contribution < 1.29 is 14.1 Å². The summed E-state index contributed by atoms with van der Waals surface area (Å²) in [7, 11) is 0. The third kappa shape index (κ3) is 5.47. The summed E-state index contributed by atoms with van der Waals surface area (Å²) in [6.07, 6.45) is 5.90. The monoisotopic (exact) mass is 412 g/mol. The number of piperidine rings is 1. The zero-order valence-electron chi connectivity index (χ0n) is 17.0. The van der Waals surface area contributed by atoms with E-state index in [0.29, 0.717) is 25.4 Å². The summed E-state index contributed by atoms with van der Waals surface area (Å²) >= 11 is 0. The molecule has 2 aliphatic heterocycles. The summed E-state index contributed by atoms with van der Waals surface area (Å²) < 4.78 is 5.38.